The summed E-state index contributed by atoms with van der Waals surface area (Å²) in [4.78, 5) is 14.5. The van der Waals surface area contributed by atoms with Gasteiger partial charge in [-0.25, -0.2) is 0 Å². The summed E-state index contributed by atoms with van der Waals surface area (Å²) in [6, 6.07) is 7.88. The molecule has 0 heterocycles. The molecule has 0 aliphatic heterocycles. The van der Waals surface area contributed by atoms with Crippen LogP contribution in [0.5, 0.6) is 0 Å². The quantitative estimate of drug-likeness (QED) is 0.877. The van der Waals surface area contributed by atoms with Crippen molar-refractivity contribution in [1.29, 1.82) is 0 Å². The summed E-state index contributed by atoms with van der Waals surface area (Å²) in [7, 11) is 1.95. The van der Waals surface area contributed by atoms with Gasteiger partial charge in [-0.2, -0.15) is 0 Å². The van der Waals surface area contributed by atoms with Crippen LogP contribution in [0.25, 0.3) is 0 Å². The van der Waals surface area contributed by atoms with Gasteiger partial charge >= 0.3 is 0 Å². The molecule has 3 aliphatic carbocycles. The van der Waals surface area contributed by atoms with Gasteiger partial charge in [-0.05, 0) is 67.2 Å². The maximum absolute atomic E-state index is 12.5. The Morgan fingerprint density at radius 2 is 1.86 bits per heavy atom. The van der Waals surface area contributed by atoms with Crippen molar-refractivity contribution in [3.63, 3.8) is 0 Å². The number of nitrogens with zero attached hydrogens (tertiary/aromatic N) is 1. The SMILES string of the molecule is CN(CCO)c1ccc(NC(=O)C2C3C4CCC(C4)C23)cc1. The summed E-state index contributed by atoms with van der Waals surface area (Å²) < 4.78 is 0. The molecule has 2 N–H and O–H groups in total. The highest BCUT2D eigenvalue weighted by molar-refractivity contribution is 5.95. The molecule has 4 unspecified atom stereocenters. The number of benzene rings is 1. The Hall–Kier alpha value is -1.55. The van der Waals surface area contributed by atoms with E-state index < -0.39 is 0 Å². The molecule has 1 amide bonds. The Morgan fingerprint density at radius 1 is 1.23 bits per heavy atom. The topological polar surface area (TPSA) is 52.6 Å². The van der Waals surface area contributed by atoms with Gasteiger partial charge in [0, 0.05) is 30.9 Å². The molecule has 4 nitrogen and oxygen atoms in total. The molecular weight excluding hydrogens is 276 g/mol. The number of hydrogen-bond acceptors (Lipinski definition) is 3. The fraction of sp³-hybridized carbons (Fsp3) is 0.611. The minimum Gasteiger partial charge on any atom is -0.395 e. The Bertz CT molecular complexity index is 555. The number of carbonyl (C=O) groups excluding carboxylic acids is 1. The molecule has 4 heteroatoms. The Morgan fingerprint density at radius 3 is 2.45 bits per heavy atom. The first-order valence-corrected chi connectivity index (χ1v) is 8.42. The lowest BCUT2D eigenvalue weighted by molar-refractivity contribution is -0.118. The average molecular weight is 300 g/mol. The fourth-order valence-corrected chi connectivity index (χ4v) is 4.98. The lowest BCUT2D eigenvalue weighted by Gasteiger charge is -2.18. The predicted molar refractivity (Wildman–Crippen MR) is 86.7 cm³/mol. The highest BCUT2D eigenvalue weighted by atomic mass is 16.3. The molecule has 3 aliphatic rings. The molecule has 4 atom stereocenters. The third-order valence-electron chi connectivity index (χ3n) is 6.05. The first kappa shape index (κ1) is 14.1. The molecule has 0 radical (unpaired) electrons. The van der Waals surface area contributed by atoms with Crippen LogP contribution < -0.4 is 10.2 Å². The van der Waals surface area contributed by atoms with E-state index in [-0.39, 0.29) is 18.4 Å². The first-order valence-electron chi connectivity index (χ1n) is 8.42. The number of aliphatic hydroxyl groups excluding tert-OH is 1. The zero-order chi connectivity index (χ0) is 15.3. The molecule has 4 rings (SSSR count). The summed E-state index contributed by atoms with van der Waals surface area (Å²) in [5.74, 6) is 3.55. The van der Waals surface area contributed by atoms with Gasteiger partial charge in [-0.3, -0.25) is 4.79 Å². The van der Waals surface area contributed by atoms with Gasteiger partial charge in [0.2, 0.25) is 5.91 Å². The molecule has 2 bridgehead atoms. The molecule has 0 saturated heterocycles. The predicted octanol–water partition coefficient (Wildman–Crippen LogP) is 2.35. The number of rotatable bonds is 5. The van der Waals surface area contributed by atoms with Crippen LogP contribution in [-0.4, -0.2) is 31.2 Å². The molecule has 3 saturated carbocycles. The highest BCUT2D eigenvalue weighted by Gasteiger charge is 2.67. The highest BCUT2D eigenvalue weighted by Crippen LogP contribution is 2.69. The van der Waals surface area contributed by atoms with Crippen molar-refractivity contribution in [3.05, 3.63) is 24.3 Å². The second-order valence-electron chi connectivity index (χ2n) is 7.19. The Kier molecular flexibility index (Phi) is 3.37. The first-order chi connectivity index (χ1) is 10.7. The molecule has 3 fully saturated rings. The number of aliphatic hydroxyl groups is 1. The van der Waals surface area contributed by atoms with Gasteiger partial charge in [0.05, 0.1) is 6.61 Å². The van der Waals surface area contributed by atoms with Crippen LogP contribution in [-0.2, 0) is 4.79 Å². The van der Waals surface area contributed by atoms with Crippen LogP contribution in [0.15, 0.2) is 24.3 Å². The molecular formula is C18H24N2O2. The summed E-state index contributed by atoms with van der Waals surface area (Å²) in [6.45, 7) is 0.752. The normalized spacial score (nSPS) is 34.4. The van der Waals surface area contributed by atoms with Crippen molar-refractivity contribution in [1.82, 2.24) is 0 Å². The van der Waals surface area contributed by atoms with Crippen molar-refractivity contribution < 1.29 is 9.90 Å². The lowest BCUT2D eigenvalue weighted by atomic mass is 10.0. The largest absolute Gasteiger partial charge is 0.395 e. The van der Waals surface area contributed by atoms with E-state index in [2.05, 4.69) is 5.32 Å². The van der Waals surface area contributed by atoms with Crippen LogP contribution >= 0.6 is 0 Å². The number of amides is 1. The second-order valence-corrected chi connectivity index (χ2v) is 7.19. The van der Waals surface area contributed by atoms with E-state index in [1.54, 1.807) is 0 Å². The van der Waals surface area contributed by atoms with E-state index in [1.165, 1.54) is 19.3 Å². The van der Waals surface area contributed by atoms with Gasteiger partial charge < -0.3 is 15.3 Å². The second kappa shape index (κ2) is 5.27. The van der Waals surface area contributed by atoms with Crippen LogP contribution in [0.2, 0.25) is 0 Å². The monoisotopic (exact) mass is 300 g/mol. The number of nitrogens with one attached hydrogen (secondary N) is 1. The molecule has 22 heavy (non-hydrogen) atoms. The molecule has 1 aromatic rings. The third kappa shape index (κ3) is 2.21. The van der Waals surface area contributed by atoms with E-state index in [9.17, 15) is 4.79 Å². The standard InChI is InChI=1S/C18H24N2O2/c1-20(8-9-21)14-6-4-13(5-7-14)19-18(22)17-15-11-2-3-12(10-11)16(15)17/h4-7,11-12,15-17,21H,2-3,8-10H2,1H3,(H,19,22). The summed E-state index contributed by atoms with van der Waals surface area (Å²) in [5, 5.41) is 12.1. The van der Waals surface area contributed by atoms with E-state index in [4.69, 9.17) is 5.11 Å². The van der Waals surface area contributed by atoms with E-state index in [0.717, 1.165) is 23.2 Å². The zero-order valence-electron chi connectivity index (χ0n) is 13.0. The lowest BCUT2D eigenvalue weighted by Crippen LogP contribution is -2.21. The zero-order valence-corrected chi connectivity index (χ0v) is 13.0. The minimum atomic E-state index is 0.141. The Labute approximate surface area is 131 Å². The average Bonchev–Trinajstić information content (AvgIpc) is 2.97. The maximum atomic E-state index is 12.5. The number of likely N-dealkylation sites (N-methyl/N-ethyl adjacent to an activating group) is 1. The fourth-order valence-electron chi connectivity index (χ4n) is 4.98. The van der Waals surface area contributed by atoms with Gasteiger partial charge in [-0.15, -0.1) is 0 Å². The molecule has 0 spiro atoms. The van der Waals surface area contributed by atoms with Gasteiger partial charge in [0.25, 0.3) is 0 Å². The third-order valence-corrected chi connectivity index (χ3v) is 6.05. The van der Waals surface area contributed by atoms with Crippen molar-refractivity contribution in [2.75, 3.05) is 30.4 Å². The number of fused-ring (bicyclic) bond motifs is 5. The van der Waals surface area contributed by atoms with E-state index >= 15 is 0 Å². The summed E-state index contributed by atoms with van der Waals surface area (Å²) in [6.07, 6.45) is 4.08. The smallest absolute Gasteiger partial charge is 0.228 e. The number of anilines is 2. The molecule has 118 valence electrons. The van der Waals surface area contributed by atoms with Crippen LogP contribution in [0, 0.1) is 29.6 Å². The molecule has 0 aromatic heterocycles. The summed E-state index contributed by atoms with van der Waals surface area (Å²) in [5.41, 5.74) is 1.93. The van der Waals surface area contributed by atoms with Crippen molar-refractivity contribution in [2.24, 2.45) is 29.6 Å². The van der Waals surface area contributed by atoms with Crippen LogP contribution in [0.1, 0.15) is 19.3 Å². The summed E-state index contributed by atoms with van der Waals surface area (Å²) >= 11 is 0. The molecule has 1 aromatic carbocycles. The van der Waals surface area contributed by atoms with Crippen molar-refractivity contribution >= 4 is 17.3 Å². The minimum absolute atomic E-state index is 0.141. The van der Waals surface area contributed by atoms with Crippen LogP contribution in [0.4, 0.5) is 11.4 Å². The number of carbonyl (C=O) groups is 1. The maximum Gasteiger partial charge on any atom is 0.228 e. The van der Waals surface area contributed by atoms with Crippen molar-refractivity contribution in [3.8, 4) is 0 Å². The van der Waals surface area contributed by atoms with Gasteiger partial charge in [0.15, 0.2) is 0 Å². The van der Waals surface area contributed by atoms with Gasteiger partial charge in [-0.1, -0.05) is 0 Å². The van der Waals surface area contributed by atoms with E-state index in [1.807, 2.05) is 36.2 Å². The van der Waals surface area contributed by atoms with Gasteiger partial charge in [0.1, 0.15) is 0 Å². The Balaban J connectivity index is 1.37. The van der Waals surface area contributed by atoms with E-state index in [0.29, 0.717) is 18.4 Å². The van der Waals surface area contributed by atoms with Crippen LogP contribution in [0.3, 0.4) is 0 Å². The number of hydrogen-bond donors (Lipinski definition) is 2. The van der Waals surface area contributed by atoms with Crippen molar-refractivity contribution in [2.45, 2.75) is 19.3 Å².